The third-order valence-corrected chi connectivity index (χ3v) is 2.26. The van der Waals surface area contributed by atoms with Gasteiger partial charge in [0, 0.05) is 38.5 Å². The van der Waals surface area contributed by atoms with Gasteiger partial charge in [-0.3, -0.25) is 0 Å². The van der Waals surface area contributed by atoms with Crippen LogP contribution in [-0.2, 0) is 4.74 Å². The number of anilines is 1. The minimum atomic E-state index is -0.0693. The Hall–Kier alpha value is -1.40. The SMILES string of the molecule is COCC(N)CN(C)c1nc(C)cc(OC)n1. The Bertz CT molecular complexity index is 359. The van der Waals surface area contributed by atoms with Gasteiger partial charge in [0.15, 0.2) is 0 Å². The molecule has 0 radical (unpaired) electrons. The Morgan fingerprint density at radius 1 is 1.41 bits per heavy atom. The van der Waals surface area contributed by atoms with E-state index < -0.39 is 0 Å². The highest BCUT2D eigenvalue weighted by Crippen LogP contribution is 2.13. The van der Waals surface area contributed by atoms with Gasteiger partial charge in [0.1, 0.15) is 0 Å². The molecule has 2 N–H and O–H groups in total. The molecule has 0 aromatic carbocycles. The van der Waals surface area contributed by atoms with E-state index in [4.69, 9.17) is 15.2 Å². The van der Waals surface area contributed by atoms with Crippen molar-refractivity contribution in [3.05, 3.63) is 11.8 Å². The average molecular weight is 240 g/mol. The molecule has 96 valence electrons. The van der Waals surface area contributed by atoms with Crippen LogP contribution in [0.3, 0.4) is 0 Å². The van der Waals surface area contributed by atoms with Gasteiger partial charge in [0.2, 0.25) is 11.8 Å². The summed E-state index contributed by atoms with van der Waals surface area (Å²) in [5.41, 5.74) is 6.74. The van der Waals surface area contributed by atoms with Gasteiger partial charge in [-0.05, 0) is 6.92 Å². The van der Waals surface area contributed by atoms with Crippen LogP contribution in [0.25, 0.3) is 0 Å². The summed E-state index contributed by atoms with van der Waals surface area (Å²) >= 11 is 0. The lowest BCUT2D eigenvalue weighted by Gasteiger charge is -2.21. The number of likely N-dealkylation sites (N-methyl/N-ethyl adjacent to an activating group) is 1. The molecule has 0 aliphatic carbocycles. The molecule has 6 heteroatoms. The van der Waals surface area contributed by atoms with Gasteiger partial charge in [0.05, 0.1) is 13.7 Å². The van der Waals surface area contributed by atoms with Gasteiger partial charge in [-0.1, -0.05) is 0 Å². The van der Waals surface area contributed by atoms with Crippen molar-refractivity contribution >= 4 is 5.95 Å². The molecule has 0 saturated carbocycles. The van der Waals surface area contributed by atoms with Crippen molar-refractivity contribution in [2.75, 3.05) is 39.3 Å². The molecule has 1 aromatic heterocycles. The summed E-state index contributed by atoms with van der Waals surface area (Å²) in [6.45, 7) is 3.03. The van der Waals surface area contributed by atoms with Crippen LogP contribution in [0.4, 0.5) is 5.95 Å². The molecular weight excluding hydrogens is 220 g/mol. The van der Waals surface area contributed by atoms with Crippen molar-refractivity contribution in [2.45, 2.75) is 13.0 Å². The average Bonchev–Trinajstić information content (AvgIpc) is 2.28. The lowest BCUT2D eigenvalue weighted by Crippen LogP contribution is -2.39. The quantitative estimate of drug-likeness (QED) is 0.766. The number of hydrogen-bond acceptors (Lipinski definition) is 6. The Labute approximate surface area is 102 Å². The number of rotatable bonds is 6. The summed E-state index contributed by atoms with van der Waals surface area (Å²) < 4.78 is 10.1. The summed E-state index contributed by atoms with van der Waals surface area (Å²) in [5.74, 6) is 1.16. The van der Waals surface area contributed by atoms with Gasteiger partial charge >= 0.3 is 0 Å². The minimum absolute atomic E-state index is 0.0693. The maximum Gasteiger partial charge on any atom is 0.228 e. The minimum Gasteiger partial charge on any atom is -0.481 e. The zero-order chi connectivity index (χ0) is 12.8. The number of hydrogen-bond donors (Lipinski definition) is 1. The van der Waals surface area contributed by atoms with Crippen LogP contribution in [-0.4, -0.2) is 50.4 Å². The summed E-state index contributed by atoms with van der Waals surface area (Å²) in [6.07, 6.45) is 0. The first-order valence-corrected chi connectivity index (χ1v) is 5.42. The Balaban J connectivity index is 2.74. The van der Waals surface area contributed by atoms with E-state index in [-0.39, 0.29) is 6.04 Å². The highest BCUT2D eigenvalue weighted by atomic mass is 16.5. The van der Waals surface area contributed by atoms with E-state index in [0.29, 0.717) is 25.0 Å². The maximum atomic E-state index is 5.88. The largest absolute Gasteiger partial charge is 0.481 e. The van der Waals surface area contributed by atoms with E-state index in [0.717, 1.165) is 5.69 Å². The van der Waals surface area contributed by atoms with Gasteiger partial charge in [-0.2, -0.15) is 4.98 Å². The maximum absolute atomic E-state index is 5.88. The summed E-state index contributed by atoms with van der Waals surface area (Å²) in [5, 5.41) is 0. The highest BCUT2D eigenvalue weighted by molar-refractivity contribution is 5.33. The molecule has 0 aliphatic heterocycles. The fourth-order valence-corrected chi connectivity index (χ4v) is 1.50. The van der Waals surface area contributed by atoms with E-state index in [1.54, 1.807) is 20.3 Å². The fourth-order valence-electron chi connectivity index (χ4n) is 1.50. The second-order valence-corrected chi connectivity index (χ2v) is 3.95. The van der Waals surface area contributed by atoms with E-state index in [1.165, 1.54) is 0 Å². The van der Waals surface area contributed by atoms with Crippen molar-refractivity contribution < 1.29 is 9.47 Å². The molecule has 0 saturated heterocycles. The zero-order valence-corrected chi connectivity index (χ0v) is 10.8. The topological polar surface area (TPSA) is 73.5 Å². The number of nitrogens with two attached hydrogens (primary N) is 1. The Kier molecular flexibility index (Phi) is 5.11. The number of aromatic nitrogens is 2. The second kappa shape index (κ2) is 6.36. The van der Waals surface area contributed by atoms with E-state index in [2.05, 4.69) is 9.97 Å². The summed E-state index contributed by atoms with van der Waals surface area (Å²) in [4.78, 5) is 10.5. The van der Waals surface area contributed by atoms with Crippen molar-refractivity contribution in [3.63, 3.8) is 0 Å². The van der Waals surface area contributed by atoms with E-state index in [9.17, 15) is 0 Å². The summed E-state index contributed by atoms with van der Waals surface area (Å²) in [7, 11) is 5.11. The fraction of sp³-hybridized carbons (Fsp3) is 0.636. The van der Waals surface area contributed by atoms with Crippen LogP contribution < -0.4 is 15.4 Å². The lowest BCUT2D eigenvalue weighted by molar-refractivity contribution is 0.181. The number of ether oxygens (including phenoxy) is 2. The molecule has 0 bridgehead atoms. The van der Waals surface area contributed by atoms with Crippen LogP contribution >= 0.6 is 0 Å². The van der Waals surface area contributed by atoms with Crippen LogP contribution in [0, 0.1) is 6.92 Å². The number of methoxy groups -OCH3 is 2. The molecule has 0 amide bonds. The molecule has 1 rings (SSSR count). The van der Waals surface area contributed by atoms with Crippen LogP contribution in [0.2, 0.25) is 0 Å². The normalized spacial score (nSPS) is 12.3. The third kappa shape index (κ3) is 4.16. The molecule has 6 nitrogen and oxygen atoms in total. The third-order valence-electron chi connectivity index (χ3n) is 2.26. The van der Waals surface area contributed by atoms with Crippen molar-refractivity contribution in [2.24, 2.45) is 5.73 Å². The molecule has 0 aliphatic rings. The first-order valence-electron chi connectivity index (χ1n) is 5.42. The van der Waals surface area contributed by atoms with Gasteiger partial charge in [-0.25, -0.2) is 4.98 Å². The van der Waals surface area contributed by atoms with Crippen molar-refractivity contribution in [3.8, 4) is 5.88 Å². The first kappa shape index (κ1) is 13.7. The van der Waals surface area contributed by atoms with Gasteiger partial charge in [-0.15, -0.1) is 0 Å². The molecule has 1 aromatic rings. The van der Waals surface area contributed by atoms with Gasteiger partial charge < -0.3 is 20.1 Å². The van der Waals surface area contributed by atoms with Gasteiger partial charge in [0.25, 0.3) is 0 Å². The van der Waals surface area contributed by atoms with Crippen LogP contribution in [0.5, 0.6) is 5.88 Å². The standard InChI is InChI=1S/C11H20N4O2/c1-8-5-10(17-4)14-11(13-8)15(2)6-9(12)7-16-3/h5,9H,6-7,12H2,1-4H3. The Morgan fingerprint density at radius 2 is 2.12 bits per heavy atom. The molecule has 0 fully saturated rings. The molecule has 0 spiro atoms. The molecule has 1 heterocycles. The van der Waals surface area contributed by atoms with Crippen molar-refractivity contribution in [1.29, 1.82) is 0 Å². The Morgan fingerprint density at radius 3 is 2.71 bits per heavy atom. The first-order chi connectivity index (χ1) is 8.06. The zero-order valence-electron chi connectivity index (χ0n) is 10.8. The van der Waals surface area contributed by atoms with E-state index in [1.807, 2.05) is 18.9 Å². The van der Waals surface area contributed by atoms with Crippen molar-refractivity contribution in [1.82, 2.24) is 9.97 Å². The molecule has 1 unspecified atom stereocenters. The predicted molar refractivity (Wildman–Crippen MR) is 66.4 cm³/mol. The monoisotopic (exact) mass is 240 g/mol. The number of nitrogens with zero attached hydrogens (tertiary/aromatic N) is 3. The molecule has 1 atom stereocenters. The lowest BCUT2D eigenvalue weighted by atomic mass is 10.3. The summed E-state index contributed by atoms with van der Waals surface area (Å²) in [6, 6.07) is 1.71. The van der Waals surface area contributed by atoms with Crippen LogP contribution in [0.15, 0.2) is 6.07 Å². The molecule has 17 heavy (non-hydrogen) atoms. The van der Waals surface area contributed by atoms with E-state index >= 15 is 0 Å². The predicted octanol–water partition coefficient (Wildman–Crippen LogP) is 0.204. The smallest absolute Gasteiger partial charge is 0.228 e. The highest BCUT2D eigenvalue weighted by Gasteiger charge is 2.11. The molecular formula is C11H20N4O2. The van der Waals surface area contributed by atoms with Crippen LogP contribution in [0.1, 0.15) is 5.69 Å². The number of aryl methyl sites for hydroxylation is 1. The second-order valence-electron chi connectivity index (χ2n) is 3.95.